The number of hydrogen-bond acceptors (Lipinski definition) is 4. The third kappa shape index (κ3) is 4.63. The molecule has 4 nitrogen and oxygen atoms in total. The monoisotopic (exact) mass is 209 g/mol. The first-order valence-corrected chi connectivity index (χ1v) is 5.49. The van der Waals surface area contributed by atoms with Gasteiger partial charge < -0.3 is 10.1 Å². The number of hydrogen-bond donors (Lipinski definition) is 1. The molecule has 0 aliphatic rings. The van der Waals surface area contributed by atoms with Gasteiger partial charge in [-0.1, -0.05) is 26.2 Å². The lowest BCUT2D eigenvalue weighted by molar-refractivity contribution is 0.293. The van der Waals surface area contributed by atoms with Crippen LogP contribution in [-0.4, -0.2) is 23.6 Å². The Hall–Kier alpha value is -1.32. The minimum absolute atomic E-state index is 0.596. The number of unbranched alkanes of at least 4 members (excludes halogenated alkanes) is 3. The summed E-state index contributed by atoms with van der Waals surface area (Å²) in [7, 11) is 1.81. The molecule has 1 N–H and O–H groups in total. The highest BCUT2D eigenvalue weighted by Gasteiger charge is 1.97. The van der Waals surface area contributed by atoms with Gasteiger partial charge in [-0.2, -0.15) is 4.98 Å². The molecule has 0 saturated carbocycles. The molecule has 0 fully saturated rings. The van der Waals surface area contributed by atoms with Gasteiger partial charge >= 0.3 is 0 Å². The Labute approximate surface area is 91.1 Å². The summed E-state index contributed by atoms with van der Waals surface area (Å²) in [5.41, 5.74) is 0. The van der Waals surface area contributed by atoms with Crippen molar-refractivity contribution in [2.24, 2.45) is 0 Å². The highest BCUT2D eigenvalue weighted by molar-refractivity contribution is 5.31. The van der Waals surface area contributed by atoms with Gasteiger partial charge in [-0.15, -0.1) is 0 Å². The lowest BCUT2D eigenvalue weighted by Gasteiger charge is -2.05. The van der Waals surface area contributed by atoms with Crippen LogP contribution in [0.3, 0.4) is 0 Å². The zero-order chi connectivity index (χ0) is 10.9. The molecule has 15 heavy (non-hydrogen) atoms. The molecule has 0 aromatic carbocycles. The number of nitrogens with zero attached hydrogens (tertiary/aromatic N) is 2. The Bertz CT molecular complexity index is 278. The van der Waals surface area contributed by atoms with E-state index in [1.807, 2.05) is 7.05 Å². The summed E-state index contributed by atoms with van der Waals surface area (Å²) in [6.45, 7) is 2.92. The van der Waals surface area contributed by atoms with Gasteiger partial charge in [0.1, 0.15) is 5.82 Å². The van der Waals surface area contributed by atoms with Crippen molar-refractivity contribution in [3.63, 3.8) is 0 Å². The summed E-state index contributed by atoms with van der Waals surface area (Å²) >= 11 is 0. The Morgan fingerprint density at radius 1 is 1.27 bits per heavy atom. The van der Waals surface area contributed by atoms with Crippen molar-refractivity contribution in [3.05, 3.63) is 12.4 Å². The van der Waals surface area contributed by atoms with E-state index < -0.39 is 0 Å². The molecule has 1 heterocycles. The van der Waals surface area contributed by atoms with Crippen molar-refractivity contribution in [1.82, 2.24) is 9.97 Å². The van der Waals surface area contributed by atoms with E-state index in [-0.39, 0.29) is 0 Å². The van der Waals surface area contributed by atoms with Crippen LogP contribution >= 0.6 is 0 Å². The summed E-state index contributed by atoms with van der Waals surface area (Å²) in [5, 5.41) is 2.92. The van der Waals surface area contributed by atoms with Crippen molar-refractivity contribution in [2.45, 2.75) is 32.6 Å². The van der Waals surface area contributed by atoms with Crippen LogP contribution in [-0.2, 0) is 0 Å². The lowest BCUT2D eigenvalue weighted by atomic mass is 10.2. The normalized spacial score (nSPS) is 10.0. The van der Waals surface area contributed by atoms with E-state index in [1.54, 1.807) is 12.4 Å². The summed E-state index contributed by atoms with van der Waals surface area (Å²) in [6.07, 6.45) is 8.13. The number of ether oxygens (including phenoxy) is 1. The van der Waals surface area contributed by atoms with E-state index in [2.05, 4.69) is 22.2 Å². The van der Waals surface area contributed by atoms with Crippen LogP contribution in [0.15, 0.2) is 12.4 Å². The molecule has 0 amide bonds. The minimum atomic E-state index is 0.596. The molecule has 0 radical (unpaired) electrons. The smallest absolute Gasteiger partial charge is 0.234 e. The van der Waals surface area contributed by atoms with Crippen molar-refractivity contribution < 1.29 is 4.74 Å². The van der Waals surface area contributed by atoms with Gasteiger partial charge in [0.2, 0.25) is 5.88 Å². The van der Waals surface area contributed by atoms with E-state index in [1.165, 1.54) is 19.3 Å². The average molecular weight is 209 g/mol. The predicted molar refractivity (Wildman–Crippen MR) is 61.2 cm³/mol. The molecular formula is C11H19N3O. The maximum Gasteiger partial charge on any atom is 0.234 e. The topological polar surface area (TPSA) is 47.0 Å². The van der Waals surface area contributed by atoms with Crippen molar-refractivity contribution in [2.75, 3.05) is 19.0 Å². The zero-order valence-corrected chi connectivity index (χ0v) is 9.49. The van der Waals surface area contributed by atoms with E-state index in [0.29, 0.717) is 5.88 Å². The number of aromatic nitrogens is 2. The fourth-order valence-corrected chi connectivity index (χ4v) is 1.24. The van der Waals surface area contributed by atoms with Gasteiger partial charge in [-0.05, 0) is 6.42 Å². The van der Waals surface area contributed by atoms with Crippen LogP contribution in [0.4, 0.5) is 5.82 Å². The second-order valence-electron chi connectivity index (χ2n) is 3.40. The van der Waals surface area contributed by atoms with E-state index in [4.69, 9.17) is 4.74 Å². The predicted octanol–water partition coefficient (Wildman–Crippen LogP) is 2.48. The second kappa shape index (κ2) is 7.04. The van der Waals surface area contributed by atoms with Crippen LogP contribution in [0.25, 0.3) is 0 Å². The summed E-state index contributed by atoms with van der Waals surface area (Å²) < 4.78 is 5.48. The number of nitrogens with one attached hydrogen (secondary N) is 1. The van der Waals surface area contributed by atoms with Crippen LogP contribution in [0.2, 0.25) is 0 Å². The van der Waals surface area contributed by atoms with Crippen molar-refractivity contribution in [1.29, 1.82) is 0 Å². The van der Waals surface area contributed by atoms with Gasteiger partial charge in [0.05, 0.1) is 19.0 Å². The number of rotatable bonds is 7. The standard InChI is InChI=1S/C11H19N3O/c1-3-4-5-6-7-15-11-9-13-8-10(12-2)14-11/h8-9H,3-7H2,1-2H3,(H,12,14). The van der Waals surface area contributed by atoms with Crippen LogP contribution < -0.4 is 10.1 Å². The lowest BCUT2D eigenvalue weighted by Crippen LogP contribution is -2.01. The molecule has 0 aliphatic heterocycles. The Balaban J connectivity index is 2.24. The molecule has 0 saturated heterocycles. The Morgan fingerprint density at radius 3 is 2.87 bits per heavy atom. The average Bonchev–Trinajstić information content (AvgIpc) is 2.29. The maximum absolute atomic E-state index is 5.48. The molecule has 0 aliphatic carbocycles. The largest absolute Gasteiger partial charge is 0.477 e. The quantitative estimate of drug-likeness (QED) is 0.701. The number of anilines is 1. The molecule has 4 heteroatoms. The Morgan fingerprint density at radius 2 is 2.13 bits per heavy atom. The zero-order valence-electron chi connectivity index (χ0n) is 9.49. The summed E-state index contributed by atoms with van der Waals surface area (Å²) in [5.74, 6) is 1.33. The second-order valence-corrected chi connectivity index (χ2v) is 3.40. The van der Waals surface area contributed by atoms with Gasteiger partial charge in [0.25, 0.3) is 0 Å². The molecular weight excluding hydrogens is 190 g/mol. The van der Waals surface area contributed by atoms with E-state index in [0.717, 1.165) is 18.8 Å². The first-order valence-electron chi connectivity index (χ1n) is 5.49. The van der Waals surface area contributed by atoms with Crippen LogP contribution in [0.5, 0.6) is 5.88 Å². The summed E-state index contributed by atoms with van der Waals surface area (Å²) in [6, 6.07) is 0. The molecule has 1 aromatic heterocycles. The van der Waals surface area contributed by atoms with Gasteiger partial charge in [-0.3, -0.25) is 4.98 Å². The molecule has 0 unspecified atom stereocenters. The third-order valence-corrected chi connectivity index (χ3v) is 2.12. The fourth-order valence-electron chi connectivity index (χ4n) is 1.24. The fraction of sp³-hybridized carbons (Fsp3) is 0.636. The van der Waals surface area contributed by atoms with Crippen LogP contribution in [0, 0.1) is 0 Å². The summed E-state index contributed by atoms with van der Waals surface area (Å²) in [4.78, 5) is 8.23. The highest BCUT2D eigenvalue weighted by Crippen LogP contribution is 2.09. The Kier molecular flexibility index (Phi) is 5.51. The third-order valence-electron chi connectivity index (χ3n) is 2.12. The highest BCUT2D eigenvalue weighted by atomic mass is 16.5. The molecule has 0 spiro atoms. The molecule has 0 bridgehead atoms. The van der Waals surface area contributed by atoms with Gasteiger partial charge in [-0.25, -0.2) is 0 Å². The van der Waals surface area contributed by atoms with Gasteiger partial charge in [0, 0.05) is 7.05 Å². The van der Waals surface area contributed by atoms with Crippen molar-refractivity contribution in [3.8, 4) is 5.88 Å². The first kappa shape index (κ1) is 11.8. The molecule has 84 valence electrons. The van der Waals surface area contributed by atoms with Gasteiger partial charge in [0.15, 0.2) is 0 Å². The molecule has 1 aromatic rings. The molecule has 0 atom stereocenters. The van der Waals surface area contributed by atoms with E-state index >= 15 is 0 Å². The van der Waals surface area contributed by atoms with Crippen molar-refractivity contribution >= 4 is 5.82 Å². The van der Waals surface area contributed by atoms with E-state index in [9.17, 15) is 0 Å². The molecule has 1 rings (SSSR count). The first-order chi connectivity index (χ1) is 7.36. The van der Waals surface area contributed by atoms with Crippen LogP contribution in [0.1, 0.15) is 32.6 Å². The maximum atomic E-state index is 5.48. The minimum Gasteiger partial charge on any atom is -0.477 e. The SMILES string of the molecule is CCCCCCOc1cncc(NC)n1.